The maximum Gasteiger partial charge on any atom is 0.343 e. The molecule has 3 rings (SSSR count). The van der Waals surface area contributed by atoms with Crippen LogP contribution >= 0.6 is 11.6 Å². The van der Waals surface area contributed by atoms with Gasteiger partial charge in [0.2, 0.25) is 0 Å². The number of benzene rings is 2. The molecule has 0 radical (unpaired) electrons. The second-order valence-electron chi connectivity index (χ2n) is 11.0. The quantitative estimate of drug-likeness (QED) is 0.101. The SMILES string of the molecule is CCCCCCCCCC[C@H]1CO[C@H](c2ccc(OC(=O)c3ccc(OCCCCCC)cc3)cc2Cl)O[C@@H]1C. The molecule has 6 heteroatoms. The molecule has 1 aliphatic rings. The first-order chi connectivity index (χ1) is 19.5. The summed E-state index contributed by atoms with van der Waals surface area (Å²) in [6, 6.07) is 12.2. The van der Waals surface area contributed by atoms with Gasteiger partial charge in [0.05, 0.1) is 29.9 Å². The zero-order valence-electron chi connectivity index (χ0n) is 24.8. The van der Waals surface area contributed by atoms with Crippen LogP contribution in [0.4, 0.5) is 0 Å². The van der Waals surface area contributed by atoms with Crippen molar-refractivity contribution in [3.05, 3.63) is 58.6 Å². The molecule has 2 aromatic carbocycles. The predicted octanol–water partition coefficient (Wildman–Crippen LogP) is 10.1. The van der Waals surface area contributed by atoms with Gasteiger partial charge >= 0.3 is 5.97 Å². The van der Waals surface area contributed by atoms with Crippen LogP contribution in [0.2, 0.25) is 5.02 Å². The topological polar surface area (TPSA) is 54.0 Å². The maximum atomic E-state index is 12.7. The molecule has 0 amide bonds. The highest BCUT2D eigenvalue weighted by Crippen LogP contribution is 2.36. The number of hydrogen-bond acceptors (Lipinski definition) is 5. The molecule has 0 spiro atoms. The van der Waals surface area contributed by atoms with E-state index in [4.69, 9.17) is 30.5 Å². The van der Waals surface area contributed by atoms with Gasteiger partial charge in [-0.25, -0.2) is 4.79 Å². The van der Waals surface area contributed by atoms with Crippen molar-refractivity contribution in [2.24, 2.45) is 5.92 Å². The Morgan fingerprint density at radius 3 is 2.12 bits per heavy atom. The highest BCUT2D eigenvalue weighted by Gasteiger charge is 2.30. The molecule has 40 heavy (non-hydrogen) atoms. The van der Waals surface area contributed by atoms with Crippen molar-refractivity contribution in [1.82, 2.24) is 0 Å². The molecule has 1 saturated heterocycles. The van der Waals surface area contributed by atoms with Crippen molar-refractivity contribution in [3.63, 3.8) is 0 Å². The maximum absolute atomic E-state index is 12.7. The summed E-state index contributed by atoms with van der Waals surface area (Å²) in [4.78, 5) is 12.7. The molecular weight excluding hydrogens is 524 g/mol. The summed E-state index contributed by atoms with van der Waals surface area (Å²) in [5.74, 6) is 1.09. The van der Waals surface area contributed by atoms with Crippen LogP contribution in [0.1, 0.15) is 126 Å². The smallest absolute Gasteiger partial charge is 0.343 e. The third-order valence-corrected chi connectivity index (χ3v) is 8.01. The molecule has 3 atom stereocenters. The predicted molar refractivity (Wildman–Crippen MR) is 162 cm³/mol. The van der Waals surface area contributed by atoms with E-state index in [2.05, 4.69) is 20.8 Å². The minimum Gasteiger partial charge on any atom is -0.494 e. The average molecular weight is 573 g/mol. The molecular formula is C34H49ClO5. The fourth-order valence-corrected chi connectivity index (χ4v) is 5.31. The van der Waals surface area contributed by atoms with E-state index in [0.29, 0.717) is 35.5 Å². The summed E-state index contributed by atoms with van der Waals surface area (Å²) in [6.45, 7) is 7.91. The average Bonchev–Trinajstić information content (AvgIpc) is 2.95. The van der Waals surface area contributed by atoms with Gasteiger partial charge in [0.1, 0.15) is 11.5 Å². The lowest BCUT2D eigenvalue weighted by atomic mass is 9.95. The monoisotopic (exact) mass is 572 g/mol. The lowest BCUT2D eigenvalue weighted by Crippen LogP contribution is -2.34. The molecule has 0 unspecified atom stereocenters. The molecule has 0 saturated carbocycles. The van der Waals surface area contributed by atoms with Crippen LogP contribution in [-0.2, 0) is 9.47 Å². The molecule has 0 aliphatic carbocycles. The van der Waals surface area contributed by atoms with Gasteiger partial charge in [-0.05, 0) is 56.2 Å². The number of unbranched alkanes of at least 4 members (excludes halogenated alkanes) is 10. The van der Waals surface area contributed by atoms with Gasteiger partial charge in [0.15, 0.2) is 6.29 Å². The van der Waals surface area contributed by atoms with Gasteiger partial charge < -0.3 is 18.9 Å². The van der Waals surface area contributed by atoms with Crippen LogP contribution in [0.3, 0.4) is 0 Å². The van der Waals surface area contributed by atoms with E-state index in [9.17, 15) is 4.79 Å². The molecule has 2 aromatic rings. The summed E-state index contributed by atoms with van der Waals surface area (Å²) >= 11 is 6.57. The lowest BCUT2D eigenvalue weighted by molar-refractivity contribution is -0.237. The molecule has 0 aromatic heterocycles. The van der Waals surface area contributed by atoms with Crippen molar-refractivity contribution >= 4 is 17.6 Å². The largest absolute Gasteiger partial charge is 0.494 e. The Balaban J connectivity index is 1.41. The Kier molecular flexibility index (Phi) is 14.9. The molecule has 0 bridgehead atoms. The van der Waals surface area contributed by atoms with Crippen LogP contribution in [-0.4, -0.2) is 25.3 Å². The van der Waals surface area contributed by atoms with Crippen molar-refractivity contribution < 1.29 is 23.7 Å². The Bertz CT molecular complexity index is 992. The van der Waals surface area contributed by atoms with Gasteiger partial charge in [-0.15, -0.1) is 0 Å². The summed E-state index contributed by atoms with van der Waals surface area (Å²) < 4.78 is 23.6. The van der Waals surface area contributed by atoms with Gasteiger partial charge in [-0.3, -0.25) is 0 Å². The highest BCUT2D eigenvalue weighted by atomic mass is 35.5. The number of halogens is 1. The normalized spacial score (nSPS) is 18.9. The first-order valence-corrected chi connectivity index (χ1v) is 15.9. The fourth-order valence-electron chi connectivity index (χ4n) is 5.05. The number of rotatable bonds is 18. The first kappa shape index (κ1) is 32.4. The number of hydrogen-bond donors (Lipinski definition) is 0. The Morgan fingerprint density at radius 2 is 1.48 bits per heavy atom. The van der Waals surface area contributed by atoms with Crippen molar-refractivity contribution in [1.29, 1.82) is 0 Å². The molecule has 1 heterocycles. The van der Waals surface area contributed by atoms with Crippen LogP contribution in [0.15, 0.2) is 42.5 Å². The zero-order chi connectivity index (χ0) is 28.6. The summed E-state index contributed by atoms with van der Waals surface area (Å²) in [6.07, 6.45) is 15.9. The Morgan fingerprint density at radius 1 is 0.850 bits per heavy atom. The van der Waals surface area contributed by atoms with Crippen molar-refractivity contribution in [2.45, 2.75) is 117 Å². The fraction of sp³-hybridized carbons (Fsp3) is 0.618. The summed E-state index contributed by atoms with van der Waals surface area (Å²) in [7, 11) is 0. The second-order valence-corrected chi connectivity index (χ2v) is 11.4. The minimum atomic E-state index is -0.517. The van der Waals surface area contributed by atoms with Gasteiger partial charge in [0, 0.05) is 17.5 Å². The third-order valence-electron chi connectivity index (χ3n) is 7.69. The standard InChI is InChI=1S/C34H49ClO5/c1-4-6-8-10-11-12-13-14-16-28-25-38-34(39-26(28)3)31-22-21-30(24-32(31)35)40-33(36)27-17-19-29(20-18-27)37-23-15-9-7-5-2/h17-22,24,26,28,34H,4-16,23,25H2,1-3H3/t26-,28+,34+/m1/s1. The van der Waals surface area contributed by atoms with Gasteiger partial charge in [-0.2, -0.15) is 0 Å². The van der Waals surface area contributed by atoms with E-state index in [1.165, 1.54) is 70.6 Å². The zero-order valence-corrected chi connectivity index (χ0v) is 25.6. The molecule has 1 aliphatic heterocycles. The van der Waals surface area contributed by atoms with Crippen molar-refractivity contribution in [2.75, 3.05) is 13.2 Å². The van der Waals surface area contributed by atoms with E-state index >= 15 is 0 Å². The van der Waals surface area contributed by atoms with Gasteiger partial charge in [0.25, 0.3) is 0 Å². The minimum absolute atomic E-state index is 0.0974. The van der Waals surface area contributed by atoms with Crippen LogP contribution in [0.5, 0.6) is 11.5 Å². The van der Waals surface area contributed by atoms with Crippen LogP contribution in [0, 0.1) is 5.92 Å². The molecule has 222 valence electrons. The molecule has 0 N–H and O–H groups in total. The van der Waals surface area contributed by atoms with E-state index in [0.717, 1.165) is 24.2 Å². The number of esters is 1. The van der Waals surface area contributed by atoms with Crippen LogP contribution in [0.25, 0.3) is 0 Å². The van der Waals surface area contributed by atoms with E-state index in [-0.39, 0.29) is 6.10 Å². The van der Waals surface area contributed by atoms with E-state index in [1.807, 2.05) is 6.07 Å². The second kappa shape index (κ2) is 18.4. The van der Waals surface area contributed by atoms with Crippen LogP contribution < -0.4 is 9.47 Å². The number of carbonyl (C=O) groups excluding carboxylic acids is 1. The van der Waals surface area contributed by atoms with Crippen molar-refractivity contribution in [3.8, 4) is 11.5 Å². The highest BCUT2D eigenvalue weighted by molar-refractivity contribution is 6.31. The molecule has 1 fully saturated rings. The number of carbonyl (C=O) groups is 1. The number of ether oxygens (including phenoxy) is 4. The third kappa shape index (κ3) is 11.1. The summed E-state index contributed by atoms with van der Waals surface area (Å²) in [5, 5.41) is 0.454. The molecule has 5 nitrogen and oxygen atoms in total. The Labute approximate surface area is 246 Å². The lowest BCUT2D eigenvalue weighted by Gasteiger charge is -2.35. The van der Waals surface area contributed by atoms with E-state index in [1.54, 1.807) is 36.4 Å². The van der Waals surface area contributed by atoms with Gasteiger partial charge in [-0.1, -0.05) is 96.1 Å². The summed E-state index contributed by atoms with van der Waals surface area (Å²) in [5.41, 5.74) is 1.20. The first-order valence-electron chi connectivity index (χ1n) is 15.5. The Hall–Kier alpha value is -2.08. The van der Waals surface area contributed by atoms with E-state index < -0.39 is 12.3 Å².